The van der Waals surface area contributed by atoms with Crippen LogP contribution in [0.1, 0.15) is 213 Å². The van der Waals surface area contributed by atoms with Crippen molar-refractivity contribution in [1.29, 1.82) is 0 Å². The van der Waals surface area contributed by atoms with E-state index in [1.165, 1.54) is 161 Å². The summed E-state index contributed by atoms with van der Waals surface area (Å²) < 4.78 is 33.2. The zero-order valence-electron chi connectivity index (χ0n) is 34.1. The van der Waals surface area contributed by atoms with Crippen LogP contribution in [-0.4, -0.2) is 43.3 Å². The van der Waals surface area contributed by atoms with Gasteiger partial charge in [0.05, 0.1) is 19.5 Å². The average molecular weight is 758 g/mol. The van der Waals surface area contributed by atoms with Crippen LogP contribution in [0.25, 0.3) is 0 Å². The molecule has 0 amide bonds. The molecule has 0 aliphatic rings. The number of hydrogen-bond donors (Lipinski definition) is 2. The Kier molecular flexibility index (Phi) is 40.1. The highest BCUT2D eigenvalue weighted by molar-refractivity contribution is 7.47. The molecule has 0 radical (unpaired) electrons. The van der Waals surface area contributed by atoms with Gasteiger partial charge in [-0.25, -0.2) is 4.57 Å². The van der Waals surface area contributed by atoms with Crippen molar-refractivity contribution in [1.82, 2.24) is 0 Å². The highest BCUT2D eigenvalue weighted by atomic mass is 31.2. The summed E-state index contributed by atoms with van der Waals surface area (Å²) in [4.78, 5) is 22.3. The Morgan fingerprint density at radius 1 is 0.577 bits per heavy atom. The maximum atomic E-state index is 12.4. The summed E-state index contributed by atoms with van der Waals surface area (Å²) >= 11 is 0. The zero-order chi connectivity index (χ0) is 38.1. The molecule has 0 heterocycles. The summed E-state index contributed by atoms with van der Waals surface area (Å²) in [5, 5.41) is 0. The Morgan fingerprint density at radius 3 is 1.42 bits per heavy atom. The molecule has 0 aliphatic carbocycles. The number of phosphoric acid groups is 1. The summed E-state index contributed by atoms with van der Waals surface area (Å²) in [7, 11) is -4.26. The van der Waals surface area contributed by atoms with E-state index in [2.05, 4.69) is 26.0 Å². The molecule has 0 spiro atoms. The molecule has 3 N–H and O–H groups in total. The van der Waals surface area contributed by atoms with E-state index in [4.69, 9.17) is 24.3 Å². The van der Waals surface area contributed by atoms with Crippen LogP contribution in [-0.2, 0) is 27.9 Å². The molecule has 0 fully saturated rings. The lowest BCUT2D eigenvalue weighted by atomic mass is 10.0. The lowest BCUT2D eigenvalue weighted by Crippen LogP contribution is -2.25. The summed E-state index contributed by atoms with van der Waals surface area (Å²) in [6, 6.07) is 0. The Bertz CT molecular complexity index is 853. The Hall–Kier alpha value is -1.18. The van der Waals surface area contributed by atoms with E-state index >= 15 is 0 Å². The first-order chi connectivity index (χ1) is 25.4. The number of carbonyl (C=O) groups excluding carboxylic acids is 1. The number of carbonyl (C=O) groups is 1. The predicted molar refractivity (Wildman–Crippen MR) is 219 cm³/mol. The summed E-state index contributed by atoms with van der Waals surface area (Å²) in [5.41, 5.74) is 5.36. The summed E-state index contributed by atoms with van der Waals surface area (Å²) in [6.45, 7) is 4.23. The van der Waals surface area contributed by atoms with Gasteiger partial charge in [-0.05, 0) is 51.0 Å². The van der Waals surface area contributed by atoms with Crippen molar-refractivity contribution in [3.63, 3.8) is 0 Å². The van der Waals surface area contributed by atoms with Gasteiger partial charge >= 0.3 is 13.8 Å². The minimum atomic E-state index is -4.26. The molecular formula is C43H84NO7P. The van der Waals surface area contributed by atoms with Gasteiger partial charge in [-0.3, -0.25) is 13.8 Å². The maximum Gasteiger partial charge on any atom is 0.472 e. The van der Waals surface area contributed by atoms with Crippen LogP contribution in [0.3, 0.4) is 0 Å². The number of unbranched alkanes of at least 4 members (excludes halogenated alkanes) is 27. The van der Waals surface area contributed by atoms with Gasteiger partial charge in [0.1, 0.15) is 6.61 Å². The number of rotatable bonds is 42. The van der Waals surface area contributed by atoms with Crippen LogP contribution in [0, 0.1) is 0 Å². The van der Waals surface area contributed by atoms with Crippen LogP contribution < -0.4 is 5.73 Å². The van der Waals surface area contributed by atoms with E-state index in [9.17, 15) is 14.3 Å². The van der Waals surface area contributed by atoms with Gasteiger partial charge in [0, 0.05) is 13.0 Å². The van der Waals surface area contributed by atoms with E-state index in [0.29, 0.717) is 6.42 Å². The van der Waals surface area contributed by atoms with Gasteiger partial charge in [-0.1, -0.05) is 174 Å². The standard InChI is InChI=1S/C43H84NO7P/c1-3-5-7-9-11-13-15-17-19-21-22-24-26-28-30-32-34-36-43(45)49-40-42(41-51-52(46,47)50-39-37-44)48-38-35-33-31-29-27-25-23-20-18-16-14-12-10-8-6-4-2/h17,19,35,38,42H,3-16,18,20-34,36-37,39-41,44H2,1-2H3,(H,46,47)/t42-/m1/s1. The van der Waals surface area contributed by atoms with Gasteiger partial charge in [-0.15, -0.1) is 0 Å². The maximum absolute atomic E-state index is 12.4. The zero-order valence-corrected chi connectivity index (χ0v) is 35.0. The van der Waals surface area contributed by atoms with Crippen molar-refractivity contribution in [3.05, 3.63) is 24.5 Å². The molecule has 52 heavy (non-hydrogen) atoms. The normalized spacial score (nSPS) is 13.6. The second-order valence-corrected chi connectivity index (χ2v) is 16.1. The van der Waals surface area contributed by atoms with Crippen molar-refractivity contribution in [2.24, 2.45) is 5.73 Å². The summed E-state index contributed by atoms with van der Waals surface area (Å²) in [6.07, 6.45) is 45.8. The third-order valence-corrected chi connectivity index (χ3v) is 10.4. The Balaban J connectivity index is 4.05. The molecule has 308 valence electrons. The first kappa shape index (κ1) is 50.8. The quantitative estimate of drug-likeness (QED) is 0.0208. The number of hydrogen-bond acceptors (Lipinski definition) is 7. The second-order valence-electron chi connectivity index (χ2n) is 14.6. The second kappa shape index (κ2) is 41.0. The number of nitrogens with two attached hydrogens (primary N) is 1. The van der Waals surface area contributed by atoms with Crippen molar-refractivity contribution in [3.8, 4) is 0 Å². The van der Waals surface area contributed by atoms with E-state index in [-0.39, 0.29) is 32.3 Å². The van der Waals surface area contributed by atoms with Crippen LogP contribution in [0.4, 0.5) is 0 Å². The van der Waals surface area contributed by atoms with Crippen LogP contribution >= 0.6 is 7.82 Å². The average Bonchev–Trinajstić information content (AvgIpc) is 3.14. The monoisotopic (exact) mass is 758 g/mol. The number of phosphoric ester groups is 1. The molecule has 8 nitrogen and oxygen atoms in total. The van der Waals surface area contributed by atoms with Gasteiger partial charge < -0.3 is 20.1 Å². The molecule has 2 atom stereocenters. The highest BCUT2D eigenvalue weighted by Crippen LogP contribution is 2.43. The van der Waals surface area contributed by atoms with Crippen molar-refractivity contribution in [2.45, 2.75) is 219 Å². The van der Waals surface area contributed by atoms with Gasteiger partial charge in [0.25, 0.3) is 0 Å². The predicted octanol–water partition coefficient (Wildman–Crippen LogP) is 13.2. The molecule has 0 aromatic rings. The molecule has 1 unspecified atom stereocenters. The lowest BCUT2D eigenvalue weighted by Gasteiger charge is -2.19. The molecule has 0 aliphatic heterocycles. The fraction of sp³-hybridized carbons (Fsp3) is 0.884. The molecule has 0 aromatic heterocycles. The Labute approximate surface area is 321 Å². The largest absolute Gasteiger partial charge is 0.492 e. The Morgan fingerprint density at radius 2 is 0.981 bits per heavy atom. The fourth-order valence-corrected chi connectivity index (χ4v) is 6.92. The number of allylic oxidation sites excluding steroid dienone is 3. The smallest absolute Gasteiger partial charge is 0.472 e. The summed E-state index contributed by atoms with van der Waals surface area (Å²) in [5.74, 6) is -0.292. The van der Waals surface area contributed by atoms with Crippen LogP contribution in [0.2, 0.25) is 0 Å². The third-order valence-electron chi connectivity index (χ3n) is 9.46. The fourth-order valence-electron chi connectivity index (χ4n) is 6.15. The number of ether oxygens (including phenoxy) is 2. The first-order valence-electron chi connectivity index (χ1n) is 21.9. The van der Waals surface area contributed by atoms with E-state index in [0.717, 1.165) is 32.1 Å². The lowest BCUT2D eigenvalue weighted by molar-refractivity contribution is -0.147. The minimum absolute atomic E-state index is 0.0632. The topological polar surface area (TPSA) is 117 Å². The van der Waals surface area contributed by atoms with Crippen molar-refractivity contribution in [2.75, 3.05) is 26.4 Å². The third kappa shape index (κ3) is 40.0. The van der Waals surface area contributed by atoms with E-state index < -0.39 is 13.9 Å². The highest BCUT2D eigenvalue weighted by Gasteiger charge is 2.24. The van der Waals surface area contributed by atoms with Gasteiger partial charge in [-0.2, -0.15) is 0 Å². The SMILES string of the molecule is CCCCCCCCC=CCCCCCCCCCC(=O)OC[C@H](COP(=O)(O)OCCN)OC=CCCCCCCCCCCCCCCCC. The van der Waals surface area contributed by atoms with Crippen molar-refractivity contribution < 1.29 is 32.8 Å². The molecule has 0 bridgehead atoms. The molecule has 0 rings (SSSR count). The van der Waals surface area contributed by atoms with Crippen LogP contribution in [0.5, 0.6) is 0 Å². The molecule has 0 saturated heterocycles. The molecule has 0 aromatic carbocycles. The van der Waals surface area contributed by atoms with Crippen molar-refractivity contribution >= 4 is 13.8 Å². The first-order valence-corrected chi connectivity index (χ1v) is 23.4. The minimum Gasteiger partial charge on any atom is -0.492 e. The van der Waals surface area contributed by atoms with E-state index in [1.54, 1.807) is 6.26 Å². The van der Waals surface area contributed by atoms with E-state index in [1.807, 2.05) is 6.08 Å². The van der Waals surface area contributed by atoms with Gasteiger partial charge in [0.15, 0.2) is 6.10 Å². The molecular weight excluding hydrogens is 673 g/mol. The molecule has 9 heteroatoms. The molecule has 0 saturated carbocycles. The van der Waals surface area contributed by atoms with Crippen LogP contribution in [0.15, 0.2) is 24.5 Å². The van der Waals surface area contributed by atoms with Gasteiger partial charge in [0.2, 0.25) is 0 Å². The number of esters is 1.